The molecule has 5 rings (SSSR count). The molecule has 0 saturated carbocycles. The second kappa shape index (κ2) is 9.44. The summed E-state index contributed by atoms with van der Waals surface area (Å²) in [5, 5.41) is 0. The van der Waals surface area contributed by atoms with E-state index < -0.39 is 6.04 Å². The van der Waals surface area contributed by atoms with Crippen LogP contribution in [0, 0.1) is 11.6 Å². The van der Waals surface area contributed by atoms with Gasteiger partial charge >= 0.3 is 0 Å². The second-order valence-corrected chi connectivity index (χ2v) is 8.70. The number of nitrogens with zero attached hydrogens (tertiary/aromatic N) is 3. The van der Waals surface area contributed by atoms with E-state index in [9.17, 15) is 18.4 Å². The van der Waals surface area contributed by atoms with Gasteiger partial charge in [-0.25, -0.2) is 13.7 Å². The van der Waals surface area contributed by atoms with Crippen molar-refractivity contribution in [1.82, 2.24) is 9.80 Å². The Bertz CT molecular complexity index is 1120. The van der Waals surface area contributed by atoms with Crippen LogP contribution in [0.1, 0.15) is 23.6 Å². The number of imide groups is 1. The van der Waals surface area contributed by atoms with Crippen LogP contribution >= 0.6 is 0 Å². The third-order valence-electron chi connectivity index (χ3n) is 6.66. The number of para-hydroxylation sites is 1. The normalized spacial score (nSPS) is 19.9. The molecule has 0 aliphatic carbocycles. The Morgan fingerprint density at radius 2 is 1.24 bits per heavy atom. The Balaban J connectivity index is 1.33. The van der Waals surface area contributed by atoms with E-state index >= 15 is 0 Å². The molecule has 7 heteroatoms. The minimum absolute atomic E-state index is 0.162. The first-order valence-electron chi connectivity index (χ1n) is 11.4. The highest BCUT2D eigenvalue weighted by atomic mass is 19.1. The van der Waals surface area contributed by atoms with E-state index in [0.717, 1.165) is 11.1 Å². The van der Waals surface area contributed by atoms with Crippen molar-refractivity contribution < 1.29 is 18.4 Å². The first-order chi connectivity index (χ1) is 16.5. The van der Waals surface area contributed by atoms with Crippen LogP contribution in [-0.2, 0) is 9.59 Å². The Morgan fingerprint density at radius 1 is 0.706 bits per heavy atom. The summed E-state index contributed by atoms with van der Waals surface area (Å²) >= 11 is 0. The lowest BCUT2D eigenvalue weighted by atomic mass is 9.96. The molecule has 0 unspecified atom stereocenters. The summed E-state index contributed by atoms with van der Waals surface area (Å²) in [6.07, 6.45) is 0.174. The number of piperazine rings is 1. The van der Waals surface area contributed by atoms with E-state index in [0.29, 0.717) is 31.9 Å². The summed E-state index contributed by atoms with van der Waals surface area (Å²) in [6, 6.07) is 21.1. The van der Waals surface area contributed by atoms with E-state index in [1.807, 2.05) is 18.2 Å². The summed E-state index contributed by atoms with van der Waals surface area (Å²) in [5.41, 5.74) is 2.44. The fraction of sp³-hybridized carbons (Fsp3) is 0.259. The number of hydrogen-bond donors (Lipinski definition) is 0. The van der Waals surface area contributed by atoms with Crippen LogP contribution in [0.2, 0.25) is 0 Å². The number of halogens is 2. The Labute approximate surface area is 197 Å². The molecular formula is C27H25F2N3O2. The van der Waals surface area contributed by atoms with Crippen LogP contribution in [0.3, 0.4) is 0 Å². The smallest absolute Gasteiger partial charge is 0.251 e. The standard InChI is InChI=1S/C27H25F2N3O2/c28-21-10-6-19(7-11-21)26(20-8-12-22(29)13-9-20)31-16-14-30(15-17-31)24-18-25(33)32(27(24)34)23-4-2-1-3-5-23/h1-13,24,26H,14-18H2/t24-/m0/s1. The zero-order chi connectivity index (χ0) is 23.7. The first kappa shape index (κ1) is 22.4. The lowest BCUT2D eigenvalue weighted by Gasteiger charge is -2.41. The van der Waals surface area contributed by atoms with Crippen molar-refractivity contribution in [2.45, 2.75) is 18.5 Å². The Morgan fingerprint density at radius 3 is 1.76 bits per heavy atom. The van der Waals surface area contributed by atoms with Crippen LogP contribution in [0.25, 0.3) is 0 Å². The lowest BCUT2D eigenvalue weighted by Crippen LogP contribution is -2.53. The molecule has 0 spiro atoms. The maximum absolute atomic E-state index is 13.6. The van der Waals surface area contributed by atoms with Gasteiger partial charge in [0.05, 0.1) is 24.2 Å². The van der Waals surface area contributed by atoms with E-state index in [-0.39, 0.29) is 35.9 Å². The number of amides is 2. The number of carbonyl (C=O) groups is 2. The van der Waals surface area contributed by atoms with Gasteiger partial charge in [-0.2, -0.15) is 0 Å². The highest BCUT2D eigenvalue weighted by molar-refractivity contribution is 6.22. The van der Waals surface area contributed by atoms with Crippen LogP contribution in [0.15, 0.2) is 78.9 Å². The second-order valence-electron chi connectivity index (χ2n) is 8.70. The minimum atomic E-state index is -0.468. The quantitative estimate of drug-likeness (QED) is 0.539. The number of carbonyl (C=O) groups excluding carboxylic acids is 2. The van der Waals surface area contributed by atoms with Crippen LogP contribution in [0.5, 0.6) is 0 Å². The average molecular weight is 462 g/mol. The molecule has 0 radical (unpaired) electrons. The third-order valence-corrected chi connectivity index (χ3v) is 6.66. The molecule has 5 nitrogen and oxygen atoms in total. The largest absolute Gasteiger partial charge is 0.290 e. The Kier molecular flexibility index (Phi) is 6.22. The maximum Gasteiger partial charge on any atom is 0.251 e. The molecule has 1 atom stereocenters. The first-order valence-corrected chi connectivity index (χ1v) is 11.4. The molecule has 2 fully saturated rings. The van der Waals surface area contributed by atoms with Crippen LogP contribution in [0.4, 0.5) is 14.5 Å². The van der Waals surface area contributed by atoms with Gasteiger partial charge in [0, 0.05) is 26.2 Å². The summed E-state index contributed by atoms with van der Waals surface area (Å²) < 4.78 is 27.1. The molecule has 2 amide bonds. The van der Waals surface area contributed by atoms with Gasteiger partial charge in [0.2, 0.25) is 5.91 Å². The molecule has 174 valence electrons. The van der Waals surface area contributed by atoms with E-state index in [1.165, 1.54) is 29.2 Å². The van der Waals surface area contributed by atoms with Crippen molar-refractivity contribution in [3.8, 4) is 0 Å². The summed E-state index contributed by atoms with van der Waals surface area (Å²) in [5.74, 6) is -0.977. The number of hydrogen-bond acceptors (Lipinski definition) is 4. The summed E-state index contributed by atoms with van der Waals surface area (Å²) in [7, 11) is 0. The van der Waals surface area contributed by atoms with E-state index in [1.54, 1.807) is 36.4 Å². The van der Waals surface area contributed by atoms with Crippen molar-refractivity contribution in [1.29, 1.82) is 0 Å². The summed E-state index contributed by atoms with van der Waals surface area (Å²) in [6.45, 7) is 2.54. The van der Waals surface area contributed by atoms with Crippen molar-refractivity contribution in [2.24, 2.45) is 0 Å². The van der Waals surface area contributed by atoms with Crippen LogP contribution < -0.4 is 4.90 Å². The van der Waals surface area contributed by atoms with E-state index in [2.05, 4.69) is 9.80 Å². The maximum atomic E-state index is 13.6. The number of rotatable bonds is 5. The van der Waals surface area contributed by atoms with Gasteiger partial charge in [0.1, 0.15) is 11.6 Å². The van der Waals surface area contributed by atoms with Gasteiger partial charge in [-0.05, 0) is 47.5 Å². The molecule has 3 aromatic carbocycles. The minimum Gasteiger partial charge on any atom is -0.290 e. The van der Waals surface area contributed by atoms with Crippen molar-refractivity contribution >= 4 is 17.5 Å². The van der Waals surface area contributed by atoms with Gasteiger partial charge in [-0.3, -0.25) is 19.4 Å². The molecule has 0 aromatic heterocycles. The molecule has 2 saturated heterocycles. The highest BCUT2D eigenvalue weighted by Crippen LogP contribution is 2.32. The molecule has 2 aliphatic rings. The zero-order valence-corrected chi connectivity index (χ0v) is 18.6. The van der Waals surface area contributed by atoms with Crippen LogP contribution in [-0.4, -0.2) is 53.8 Å². The zero-order valence-electron chi connectivity index (χ0n) is 18.6. The SMILES string of the molecule is O=C1C[C@H](N2CCN(C(c3ccc(F)cc3)c3ccc(F)cc3)CC2)C(=O)N1c1ccccc1. The van der Waals surface area contributed by atoms with Gasteiger partial charge < -0.3 is 0 Å². The van der Waals surface area contributed by atoms with Gasteiger partial charge in [-0.1, -0.05) is 42.5 Å². The predicted molar refractivity (Wildman–Crippen MR) is 125 cm³/mol. The number of anilines is 1. The fourth-order valence-electron chi connectivity index (χ4n) is 4.96. The predicted octanol–water partition coefficient (Wildman–Crippen LogP) is 4.00. The molecule has 3 aromatic rings. The molecule has 2 aliphatic heterocycles. The van der Waals surface area contributed by atoms with Crippen molar-refractivity contribution in [3.05, 3.63) is 102 Å². The third kappa shape index (κ3) is 4.36. The van der Waals surface area contributed by atoms with Gasteiger partial charge in [0.15, 0.2) is 0 Å². The Hall–Kier alpha value is -3.42. The molecule has 2 heterocycles. The topological polar surface area (TPSA) is 43.9 Å². The monoisotopic (exact) mass is 461 g/mol. The molecule has 34 heavy (non-hydrogen) atoms. The van der Waals surface area contributed by atoms with Gasteiger partial charge in [-0.15, -0.1) is 0 Å². The fourth-order valence-corrected chi connectivity index (χ4v) is 4.96. The molecule has 0 bridgehead atoms. The van der Waals surface area contributed by atoms with Gasteiger partial charge in [0.25, 0.3) is 5.91 Å². The lowest BCUT2D eigenvalue weighted by molar-refractivity contribution is -0.123. The average Bonchev–Trinajstić information content (AvgIpc) is 3.16. The molecular weight excluding hydrogens is 436 g/mol. The summed E-state index contributed by atoms with van der Waals surface area (Å²) in [4.78, 5) is 31.4. The highest BCUT2D eigenvalue weighted by Gasteiger charge is 2.43. The van der Waals surface area contributed by atoms with E-state index in [4.69, 9.17) is 0 Å². The van der Waals surface area contributed by atoms with Crippen molar-refractivity contribution in [3.63, 3.8) is 0 Å². The molecule has 0 N–H and O–H groups in total. The number of benzene rings is 3. The van der Waals surface area contributed by atoms with Crippen molar-refractivity contribution in [2.75, 3.05) is 31.1 Å².